The van der Waals surface area contributed by atoms with Crippen LogP contribution in [0.15, 0.2) is 35.3 Å². The summed E-state index contributed by atoms with van der Waals surface area (Å²) in [6.07, 6.45) is 12.7. The second-order valence-electron chi connectivity index (χ2n) is 9.67. The number of aryl methyl sites for hydroxylation is 1. The fraction of sp³-hybridized carbons (Fsp3) is 0.565. The topological polar surface area (TPSA) is 125 Å². The highest BCUT2D eigenvalue weighted by atomic mass is 35.5. The van der Waals surface area contributed by atoms with Gasteiger partial charge in [0.05, 0.1) is 17.3 Å². The first kappa shape index (κ1) is 23.6. The van der Waals surface area contributed by atoms with Crippen LogP contribution in [-0.2, 0) is 16.4 Å². The largest absolute Gasteiger partial charge is 0.367 e. The lowest BCUT2D eigenvalue weighted by Crippen LogP contribution is -2.51. The number of nitrogens with one attached hydrogen (secondary N) is 3. The molecule has 4 aliphatic rings. The summed E-state index contributed by atoms with van der Waals surface area (Å²) in [5.41, 5.74) is 8.55. The predicted molar refractivity (Wildman–Crippen MR) is 134 cm³/mol. The summed E-state index contributed by atoms with van der Waals surface area (Å²) < 4.78 is 27.6. The van der Waals surface area contributed by atoms with Gasteiger partial charge in [0.15, 0.2) is 5.82 Å². The summed E-state index contributed by atoms with van der Waals surface area (Å²) >= 11 is 6.19. The number of anilines is 1. The van der Waals surface area contributed by atoms with Crippen molar-refractivity contribution in [3.63, 3.8) is 0 Å². The lowest BCUT2D eigenvalue weighted by molar-refractivity contribution is 0.435. The summed E-state index contributed by atoms with van der Waals surface area (Å²) in [6, 6.07) is 0. The van der Waals surface area contributed by atoms with Crippen molar-refractivity contribution < 1.29 is 8.42 Å². The molecular formula is C23H32ClN7O2S. The number of hydrogen-bond donors (Lipinski definition) is 4. The number of hydrogen-bond acceptors (Lipinski definition) is 8. The number of halogens is 1. The fourth-order valence-corrected chi connectivity index (χ4v) is 7.31. The summed E-state index contributed by atoms with van der Waals surface area (Å²) in [5.74, 6) is 1.69. The van der Waals surface area contributed by atoms with Crippen LogP contribution in [0.3, 0.4) is 0 Å². The van der Waals surface area contributed by atoms with E-state index >= 15 is 0 Å². The molecule has 0 radical (unpaired) electrons. The van der Waals surface area contributed by atoms with Gasteiger partial charge in [0.25, 0.3) is 0 Å². The molecule has 1 aliphatic carbocycles. The van der Waals surface area contributed by atoms with Crippen LogP contribution < -0.4 is 21.7 Å². The normalized spacial score (nSPS) is 27.5. The van der Waals surface area contributed by atoms with Crippen LogP contribution in [0.4, 0.5) is 5.82 Å². The molecule has 0 aromatic carbocycles. The van der Waals surface area contributed by atoms with Crippen molar-refractivity contribution in [2.75, 3.05) is 24.2 Å². The Labute approximate surface area is 206 Å². The molecule has 5 N–H and O–H groups in total. The van der Waals surface area contributed by atoms with Crippen molar-refractivity contribution >= 4 is 33.0 Å². The van der Waals surface area contributed by atoms with Gasteiger partial charge in [-0.1, -0.05) is 31.4 Å². The van der Waals surface area contributed by atoms with E-state index in [0.717, 1.165) is 48.8 Å². The maximum absolute atomic E-state index is 13.0. The Hall–Kier alpha value is -2.14. The molecule has 1 saturated heterocycles. The van der Waals surface area contributed by atoms with Gasteiger partial charge < -0.3 is 21.7 Å². The molecule has 1 saturated carbocycles. The number of allylic oxidation sites excluding steroid dienone is 2. The first-order chi connectivity index (χ1) is 16.3. The highest BCUT2D eigenvalue weighted by Crippen LogP contribution is 2.33. The number of sulfonamides is 1. The van der Waals surface area contributed by atoms with Crippen molar-refractivity contribution in [3.05, 3.63) is 46.7 Å². The lowest BCUT2D eigenvalue weighted by Gasteiger charge is -2.28. The molecule has 4 heterocycles. The number of fused-ring (bicyclic) bond motifs is 1. The first-order valence-electron chi connectivity index (χ1n) is 12.0. The number of dihydropyridines is 1. The molecule has 2 atom stereocenters. The Morgan fingerprint density at radius 1 is 1.29 bits per heavy atom. The van der Waals surface area contributed by atoms with Gasteiger partial charge in [-0.3, -0.25) is 0 Å². The van der Waals surface area contributed by atoms with E-state index in [0.29, 0.717) is 29.6 Å². The van der Waals surface area contributed by atoms with E-state index in [2.05, 4.69) is 20.9 Å². The average molecular weight is 506 g/mol. The van der Waals surface area contributed by atoms with Gasteiger partial charge in [-0.25, -0.2) is 18.4 Å². The van der Waals surface area contributed by atoms with Gasteiger partial charge in [0.1, 0.15) is 17.6 Å². The Kier molecular flexibility index (Phi) is 6.34. The summed E-state index contributed by atoms with van der Waals surface area (Å²) in [6.45, 7) is 2.68. The van der Waals surface area contributed by atoms with Gasteiger partial charge in [0, 0.05) is 41.9 Å². The minimum Gasteiger partial charge on any atom is -0.367 e. The van der Waals surface area contributed by atoms with Crippen molar-refractivity contribution in [3.8, 4) is 0 Å². The zero-order valence-corrected chi connectivity index (χ0v) is 20.9. The molecule has 5 rings (SSSR count). The van der Waals surface area contributed by atoms with Gasteiger partial charge in [-0.15, -0.1) is 0 Å². The molecule has 1 unspecified atom stereocenters. The van der Waals surface area contributed by atoms with Crippen LogP contribution in [0.1, 0.15) is 50.4 Å². The molecule has 184 valence electrons. The smallest absolute Gasteiger partial charge is 0.214 e. The lowest BCUT2D eigenvalue weighted by atomic mass is 10.0. The van der Waals surface area contributed by atoms with Crippen molar-refractivity contribution in [1.82, 2.24) is 24.9 Å². The predicted octanol–water partition coefficient (Wildman–Crippen LogP) is 2.21. The highest BCUT2D eigenvalue weighted by Gasteiger charge is 2.41. The number of aromatic nitrogens is 2. The summed E-state index contributed by atoms with van der Waals surface area (Å²) in [7, 11) is -3.33. The molecule has 1 aromatic heterocycles. The average Bonchev–Trinajstić information content (AvgIpc) is 3.54. The summed E-state index contributed by atoms with van der Waals surface area (Å²) in [5, 5.41) is 10.4. The number of rotatable bonds is 7. The van der Waals surface area contributed by atoms with E-state index in [4.69, 9.17) is 22.3 Å². The zero-order valence-electron chi connectivity index (χ0n) is 19.3. The third-order valence-corrected chi connectivity index (χ3v) is 9.34. The van der Waals surface area contributed by atoms with Gasteiger partial charge >= 0.3 is 0 Å². The van der Waals surface area contributed by atoms with E-state index < -0.39 is 15.7 Å². The molecular weight excluding hydrogens is 474 g/mol. The third kappa shape index (κ3) is 4.68. The minimum absolute atomic E-state index is 0.0716. The van der Waals surface area contributed by atoms with Crippen molar-refractivity contribution in [2.45, 2.75) is 57.3 Å². The second kappa shape index (κ2) is 9.14. The zero-order chi connectivity index (χ0) is 23.9. The molecule has 2 fully saturated rings. The van der Waals surface area contributed by atoms with E-state index in [-0.39, 0.29) is 24.4 Å². The Morgan fingerprint density at radius 2 is 2.06 bits per heavy atom. The van der Waals surface area contributed by atoms with Crippen molar-refractivity contribution in [1.29, 1.82) is 0 Å². The van der Waals surface area contributed by atoms with Crippen molar-refractivity contribution in [2.24, 2.45) is 11.7 Å². The maximum Gasteiger partial charge on any atom is 0.214 e. The summed E-state index contributed by atoms with van der Waals surface area (Å²) in [4.78, 5) is 9.39. The number of nitrogens with zero attached hydrogens (tertiary/aromatic N) is 3. The molecule has 9 nitrogen and oxygen atoms in total. The molecule has 34 heavy (non-hydrogen) atoms. The van der Waals surface area contributed by atoms with Crippen LogP contribution in [0.25, 0.3) is 5.57 Å². The van der Waals surface area contributed by atoms with E-state index in [1.807, 2.05) is 19.2 Å². The van der Waals surface area contributed by atoms with Gasteiger partial charge in [0.2, 0.25) is 10.0 Å². The Bertz CT molecular complexity index is 1160. The van der Waals surface area contributed by atoms with Crippen LogP contribution in [-0.4, -0.2) is 53.4 Å². The molecule has 3 aliphatic heterocycles. The monoisotopic (exact) mass is 505 g/mol. The fourth-order valence-electron chi connectivity index (χ4n) is 5.20. The Balaban J connectivity index is 1.34. The van der Waals surface area contributed by atoms with E-state index in [1.54, 1.807) is 16.7 Å². The third-order valence-electron chi connectivity index (χ3n) is 7.13. The highest BCUT2D eigenvalue weighted by molar-refractivity contribution is 7.89. The second-order valence-corrected chi connectivity index (χ2v) is 12.1. The molecule has 11 heteroatoms. The quantitative estimate of drug-likeness (QED) is 0.416. The molecule has 0 bridgehead atoms. The van der Waals surface area contributed by atoms with Gasteiger partial charge in [-0.05, 0) is 37.7 Å². The van der Waals surface area contributed by atoms with E-state index in [1.165, 1.54) is 0 Å². The standard InChI is InChI=1S/C23H32ClN7O2S/c1-2-16-10-26-22(19-12-28-21-18(19)9-17(24)11-27-21)29-20(16)30-23(25)7-8-31(14-23)34(32,33)13-15-5-3-4-6-15/h9-12,15,21,27-28H,2-8,13-14,25H2,1H3,(H,26,29,30)/t21?,23-/m1/s1. The molecule has 0 amide bonds. The first-order valence-corrected chi connectivity index (χ1v) is 14.0. The molecule has 0 spiro atoms. The van der Waals surface area contributed by atoms with Crippen LogP contribution in [0, 0.1) is 5.92 Å². The van der Waals surface area contributed by atoms with Crippen LogP contribution >= 0.6 is 11.6 Å². The van der Waals surface area contributed by atoms with Crippen LogP contribution in [0.2, 0.25) is 0 Å². The minimum atomic E-state index is -3.33. The van der Waals surface area contributed by atoms with Gasteiger partial charge in [-0.2, -0.15) is 4.31 Å². The maximum atomic E-state index is 13.0. The SMILES string of the molecule is CCc1cnc(C2=CNC3NC=C(Cl)C=C23)nc1N[C@]1(N)CCN(S(=O)(=O)CC2CCCC2)C1. The Morgan fingerprint density at radius 3 is 2.82 bits per heavy atom. The van der Waals surface area contributed by atoms with Crippen LogP contribution in [0.5, 0.6) is 0 Å². The van der Waals surface area contributed by atoms with E-state index in [9.17, 15) is 8.42 Å². The molecule has 1 aromatic rings. The number of nitrogens with two attached hydrogens (primary N) is 1.